The highest BCUT2D eigenvalue weighted by Crippen LogP contribution is 2.35. The molecule has 0 saturated heterocycles. The number of rotatable bonds is 10. The predicted molar refractivity (Wildman–Crippen MR) is 73.3 cm³/mol. The Morgan fingerprint density at radius 2 is 1.54 bits per heavy atom. The van der Waals surface area contributed by atoms with Crippen molar-refractivity contribution in [3.05, 3.63) is 0 Å². The third-order valence-corrected chi connectivity index (χ3v) is 2.82. The van der Waals surface area contributed by atoms with Gasteiger partial charge in [-0.05, 0) is 0 Å². The van der Waals surface area contributed by atoms with Gasteiger partial charge in [0.2, 0.25) is 0 Å². The lowest BCUT2D eigenvalue weighted by Gasteiger charge is -2.19. The van der Waals surface area contributed by atoms with Crippen LogP contribution in [0.15, 0.2) is 0 Å². The molecule has 5 atom stereocenters. The molecule has 144 valence electrons. The van der Waals surface area contributed by atoms with Crippen LogP contribution in [0.4, 0.5) is 0 Å². The molecule has 0 rings (SSSR count). The van der Waals surface area contributed by atoms with Gasteiger partial charge in [-0.3, -0.25) is 9.32 Å². The zero-order valence-corrected chi connectivity index (χ0v) is 13.1. The zero-order valence-electron chi connectivity index (χ0n) is 12.2. The number of phosphoric acid groups is 1. The van der Waals surface area contributed by atoms with Gasteiger partial charge in [-0.25, -0.2) is 4.57 Å². The Kier molecular flexibility index (Phi) is 13.3. The molecule has 0 aliphatic carbocycles. The third-order valence-electron chi connectivity index (χ3n) is 2.33. The van der Waals surface area contributed by atoms with Gasteiger partial charge in [0.15, 0.2) is 12.1 Å². The Hall–Kier alpha value is -0.830. The first-order chi connectivity index (χ1) is 10.9. The molecule has 0 aromatic rings. The normalized spacial score (nSPS) is 17.7. The van der Waals surface area contributed by atoms with Crippen LogP contribution in [0, 0.1) is 0 Å². The summed E-state index contributed by atoms with van der Waals surface area (Å²) in [6, 6.07) is 0. The van der Waals surface area contributed by atoms with E-state index in [1.807, 2.05) is 0 Å². The quantitative estimate of drug-likeness (QED) is 0.127. The first-order valence-electron chi connectivity index (χ1n) is 6.21. The Morgan fingerprint density at radius 1 is 1.04 bits per heavy atom. The van der Waals surface area contributed by atoms with E-state index in [0.717, 1.165) is 0 Å². The zero-order chi connectivity index (χ0) is 19.5. The molecule has 0 heterocycles. The van der Waals surface area contributed by atoms with Crippen LogP contribution in [0.1, 0.15) is 0 Å². The average Bonchev–Trinajstić information content (AvgIpc) is 2.55. The maximum Gasteiger partial charge on any atom is 0.469 e. The molecular weight excluding hydrogens is 359 g/mol. The first kappa shape index (κ1) is 25.4. The number of carbonyl (C=O) groups is 2. The van der Waals surface area contributed by atoms with E-state index in [4.69, 9.17) is 45.5 Å². The van der Waals surface area contributed by atoms with Gasteiger partial charge in [-0.1, -0.05) is 0 Å². The minimum Gasteiger partial charge on any atom is -0.394 e. The second-order valence-corrected chi connectivity index (χ2v) is 5.53. The van der Waals surface area contributed by atoms with Crippen LogP contribution in [0.2, 0.25) is 0 Å². The second kappa shape index (κ2) is 12.5. The number of aliphatic hydroxyl groups excluding tert-OH is 7. The molecule has 0 saturated carbocycles. The lowest BCUT2D eigenvalue weighted by molar-refractivity contribution is -0.137. The molecule has 0 aliphatic heterocycles. The smallest absolute Gasteiger partial charge is 0.394 e. The highest BCUT2D eigenvalue weighted by molar-refractivity contribution is 7.46. The number of ketones is 1. The number of carbonyl (C=O) groups excluding carboxylic acids is 2. The molecule has 0 radical (unpaired) electrons. The monoisotopic (exact) mass is 380 g/mol. The third kappa shape index (κ3) is 11.7. The minimum atomic E-state index is -4.74. The summed E-state index contributed by atoms with van der Waals surface area (Å²) in [5.41, 5.74) is 0. The van der Waals surface area contributed by atoms with Crippen LogP contribution >= 0.6 is 7.82 Å². The van der Waals surface area contributed by atoms with Crippen molar-refractivity contribution in [2.24, 2.45) is 0 Å². The van der Waals surface area contributed by atoms with Crippen molar-refractivity contribution in [3.8, 4) is 0 Å². The van der Waals surface area contributed by atoms with E-state index in [2.05, 4.69) is 4.52 Å². The Labute approximate surface area is 135 Å². The molecule has 0 amide bonds. The van der Waals surface area contributed by atoms with Crippen LogP contribution in [-0.4, -0.2) is 108 Å². The van der Waals surface area contributed by atoms with Crippen molar-refractivity contribution in [1.82, 2.24) is 0 Å². The Bertz CT molecular complexity index is 410. The standard InChI is InChI=1S/C5H11O8P.C5H10O5/c6-1-3(7)5(9)4(8)2-13-14(10,11)12;6-1-3(8)5(10)4(9)2-7/h1,3-5,7-9H,2H2,(H2,10,11,12);3,5-8,10H,1-2H2/t3-,4+,5-;3-,5+/m01/s1. The minimum absolute atomic E-state index is 0.0225. The van der Waals surface area contributed by atoms with Crippen molar-refractivity contribution in [2.75, 3.05) is 19.8 Å². The second-order valence-electron chi connectivity index (χ2n) is 4.29. The fourth-order valence-corrected chi connectivity index (χ4v) is 1.34. The molecule has 0 unspecified atom stereocenters. The molecule has 13 nitrogen and oxygen atoms in total. The molecule has 0 aromatic carbocycles. The maximum atomic E-state index is 10.3. The van der Waals surface area contributed by atoms with E-state index in [-0.39, 0.29) is 6.29 Å². The van der Waals surface area contributed by atoms with Gasteiger partial charge in [0.25, 0.3) is 0 Å². The lowest BCUT2D eigenvalue weighted by atomic mass is 10.1. The van der Waals surface area contributed by atoms with E-state index in [1.54, 1.807) is 0 Å². The lowest BCUT2D eigenvalue weighted by Crippen LogP contribution is -2.40. The topological polar surface area (TPSA) is 243 Å². The van der Waals surface area contributed by atoms with Gasteiger partial charge in [0.05, 0.1) is 13.2 Å². The highest BCUT2D eigenvalue weighted by atomic mass is 31.2. The van der Waals surface area contributed by atoms with Gasteiger partial charge in [-0.15, -0.1) is 0 Å². The number of phosphoric ester groups is 1. The summed E-state index contributed by atoms with van der Waals surface area (Å²) in [6.45, 7) is -2.43. The predicted octanol–water partition coefficient (Wildman–Crippen LogP) is -5.36. The summed E-state index contributed by atoms with van der Waals surface area (Å²) < 4.78 is 14.0. The Morgan fingerprint density at radius 3 is 1.88 bits per heavy atom. The number of Topliss-reactive ketones (excluding diaryl/α,β-unsaturated/α-hetero) is 1. The number of hydrogen-bond donors (Lipinski definition) is 9. The van der Waals surface area contributed by atoms with Gasteiger partial charge in [0, 0.05) is 0 Å². The van der Waals surface area contributed by atoms with Gasteiger partial charge < -0.3 is 50.3 Å². The maximum absolute atomic E-state index is 10.3. The van der Waals surface area contributed by atoms with Crippen LogP contribution in [0.25, 0.3) is 0 Å². The van der Waals surface area contributed by atoms with E-state index >= 15 is 0 Å². The number of hydrogen-bond acceptors (Lipinski definition) is 11. The molecular formula is C10H21O13P. The van der Waals surface area contributed by atoms with Gasteiger partial charge in [-0.2, -0.15) is 0 Å². The number of aldehydes is 1. The summed E-state index contributed by atoms with van der Waals surface area (Å²) in [4.78, 5) is 36.7. The van der Waals surface area contributed by atoms with E-state index in [0.29, 0.717) is 0 Å². The van der Waals surface area contributed by atoms with Gasteiger partial charge in [0.1, 0.15) is 37.1 Å². The largest absolute Gasteiger partial charge is 0.469 e. The van der Waals surface area contributed by atoms with Crippen molar-refractivity contribution in [3.63, 3.8) is 0 Å². The molecule has 0 aliphatic rings. The molecule has 9 N–H and O–H groups in total. The first-order valence-corrected chi connectivity index (χ1v) is 7.74. The number of aliphatic hydroxyl groups is 7. The summed E-state index contributed by atoms with van der Waals surface area (Å²) in [5.74, 6) is -0.901. The van der Waals surface area contributed by atoms with Crippen LogP contribution in [0.3, 0.4) is 0 Å². The van der Waals surface area contributed by atoms with Crippen molar-refractivity contribution >= 4 is 19.9 Å². The molecule has 0 bridgehead atoms. The highest BCUT2D eigenvalue weighted by Gasteiger charge is 2.27. The molecule has 14 heteroatoms. The van der Waals surface area contributed by atoms with Crippen molar-refractivity contribution in [1.29, 1.82) is 0 Å². The Balaban J connectivity index is 0. The SMILES string of the molecule is O=C(CO)[C@@H](O)[C@H](O)CO.O=C[C@H](O)[C@H](O)[C@H](O)COP(=O)(O)O. The molecule has 24 heavy (non-hydrogen) atoms. The molecule has 0 aromatic heterocycles. The fourth-order valence-electron chi connectivity index (χ4n) is 0.988. The van der Waals surface area contributed by atoms with Crippen molar-refractivity contribution in [2.45, 2.75) is 30.5 Å². The van der Waals surface area contributed by atoms with E-state index < -0.39 is 63.9 Å². The summed E-state index contributed by atoms with van der Waals surface area (Å²) >= 11 is 0. The van der Waals surface area contributed by atoms with Crippen LogP contribution < -0.4 is 0 Å². The summed E-state index contributed by atoms with van der Waals surface area (Å²) in [7, 11) is -4.74. The molecule has 0 spiro atoms. The molecule has 0 fully saturated rings. The average molecular weight is 380 g/mol. The van der Waals surface area contributed by atoms with Gasteiger partial charge >= 0.3 is 7.82 Å². The summed E-state index contributed by atoms with van der Waals surface area (Å²) in [5, 5.41) is 60.2. The van der Waals surface area contributed by atoms with E-state index in [9.17, 15) is 14.2 Å². The summed E-state index contributed by atoms with van der Waals surface area (Å²) in [6.07, 6.45) is -8.65. The van der Waals surface area contributed by atoms with E-state index in [1.165, 1.54) is 0 Å². The van der Waals surface area contributed by atoms with Crippen molar-refractivity contribution < 1.29 is 64.2 Å². The fraction of sp³-hybridized carbons (Fsp3) is 0.800. The van der Waals surface area contributed by atoms with Crippen LogP contribution in [-0.2, 0) is 18.7 Å². The van der Waals surface area contributed by atoms with Crippen LogP contribution in [0.5, 0.6) is 0 Å².